The summed E-state index contributed by atoms with van der Waals surface area (Å²) in [4.78, 5) is 0.727. The third-order valence-corrected chi connectivity index (χ3v) is 5.74. The molecule has 3 N–H and O–H groups in total. The maximum Gasteiger partial charge on any atom is 0.271 e. The number of rotatable bonds is 4. The zero-order chi connectivity index (χ0) is 14.9. The van der Waals surface area contributed by atoms with Crippen molar-refractivity contribution in [2.24, 2.45) is 5.73 Å². The molecule has 0 spiro atoms. The molecule has 2 rings (SSSR count). The third kappa shape index (κ3) is 2.82. The van der Waals surface area contributed by atoms with Crippen LogP contribution >= 0.6 is 11.3 Å². The Morgan fingerprint density at radius 3 is 2.65 bits per heavy atom. The Morgan fingerprint density at radius 1 is 1.35 bits per heavy atom. The topological polar surface area (TPSA) is 72.2 Å². The molecule has 0 bridgehead atoms. The quantitative estimate of drug-likeness (QED) is 0.910. The zero-order valence-electron chi connectivity index (χ0n) is 10.5. The number of benzene rings is 1. The average molecular weight is 318 g/mol. The molecular formula is C12H12F2N2O2S2. The van der Waals surface area contributed by atoms with Gasteiger partial charge in [0.15, 0.2) is 11.6 Å². The molecule has 0 aliphatic heterocycles. The van der Waals surface area contributed by atoms with E-state index in [2.05, 4.69) is 0 Å². The maximum absolute atomic E-state index is 13.5. The molecule has 1 aromatic heterocycles. The van der Waals surface area contributed by atoms with Crippen molar-refractivity contribution in [2.45, 2.75) is 17.7 Å². The van der Waals surface area contributed by atoms with Crippen LogP contribution in [0.15, 0.2) is 28.5 Å². The van der Waals surface area contributed by atoms with E-state index in [1.807, 2.05) is 4.72 Å². The number of halogens is 2. The van der Waals surface area contributed by atoms with Gasteiger partial charge in [0.25, 0.3) is 10.0 Å². The number of anilines is 1. The zero-order valence-corrected chi connectivity index (χ0v) is 12.1. The first kappa shape index (κ1) is 14.9. The minimum atomic E-state index is -3.96. The molecular weight excluding hydrogens is 306 g/mol. The van der Waals surface area contributed by atoms with E-state index in [1.165, 1.54) is 12.1 Å². The maximum atomic E-state index is 13.5. The normalized spacial score (nSPS) is 11.6. The number of nitrogens with one attached hydrogen (secondary N) is 1. The van der Waals surface area contributed by atoms with Crippen molar-refractivity contribution >= 4 is 27.0 Å². The molecule has 0 atom stereocenters. The van der Waals surface area contributed by atoms with Gasteiger partial charge in [-0.3, -0.25) is 4.72 Å². The molecule has 0 radical (unpaired) electrons. The van der Waals surface area contributed by atoms with Crippen LogP contribution < -0.4 is 10.5 Å². The first-order valence-electron chi connectivity index (χ1n) is 5.61. The predicted octanol–water partition coefficient (Wildman–Crippen LogP) is 2.59. The Hall–Kier alpha value is -1.51. The molecule has 20 heavy (non-hydrogen) atoms. The predicted molar refractivity (Wildman–Crippen MR) is 74.1 cm³/mol. The van der Waals surface area contributed by atoms with Gasteiger partial charge in [0.05, 0.1) is 5.69 Å². The number of thiophene rings is 1. The minimum absolute atomic E-state index is 0.0131. The Balaban J connectivity index is 2.38. The van der Waals surface area contributed by atoms with Gasteiger partial charge in [-0.2, -0.15) is 0 Å². The third-order valence-electron chi connectivity index (χ3n) is 2.64. The Labute approximate surface area is 119 Å². The van der Waals surface area contributed by atoms with Crippen molar-refractivity contribution in [3.8, 4) is 0 Å². The molecule has 1 heterocycles. The summed E-state index contributed by atoms with van der Waals surface area (Å²) in [5.74, 6) is -2.35. The summed E-state index contributed by atoms with van der Waals surface area (Å²) < 4.78 is 52.8. The van der Waals surface area contributed by atoms with Crippen molar-refractivity contribution in [1.82, 2.24) is 0 Å². The van der Waals surface area contributed by atoms with Gasteiger partial charge in [-0.15, -0.1) is 11.3 Å². The number of hydrogen-bond acceptors (Lipinski definition) is 4. The Kier molecular flexibility index (Phi) is 4.07. The number of aryl methyl sites for hydroxylation is 1. The van der Waals surface area contributed by atoms with Crippen LogP contribution in [-0.4, -0.2) is 8.42 Å². The smallest absolute Gasteiger partial charge is 0.271 e. The summed E-state index contributed by atoms with van der Waals surface area (Å²) in [5, 5.41) is 0. The standard InChI is InChI=1S/C12H12F2N2O2S2/c1-7-5-11(19-10(7)6-15)20(17,18)16-9-4-2-3-8(13)12(9)14/h2-5,16H,6,15H2,1H3. The number of sulfonamides is 1. The molecule has 0 amide bonds. The summed E-state index contributed by atoms with van der Waals surface area (Å²) >= 11 is 1.00. The highest BCUT2D eigenvalue weighted by Crippen LogP contribution is 2.28. The molecule has 0 aliphatic rings. The number of hydrogen-bond donors (Lipinski definition) is 2. The van der Waals surface area contributed by atoms with Gasteiger partial charge >= 0.3 is 0 Å². The van der Waals surface area contributed by atoms with Gasteiger partial charge in [0, 0.05) is 11.4 Å². The van der Waals surface area contributed by atoms with E-state index in [0.29, 0.717) is 0 Å². The summed E-state index contributed by atoms with van der Waals surface area (Å²) in [7, 11) is -3.96. The monoisotopic (exact) mass is 318 g/mol. The van der Waals surface area contributed by atoms with Gasteiger partial charge in [0.2, 0.25) is 0 Å². The minimum Gasteiger partial charge on any atom is -0.326 e. The Morgan fingerprint density at radius 2 is 2.05 bits per heavy atom. The largest absolute Gasteiger partial charge is 0.326 e. The molecule has 1 aromatic carbocycles. The van der Waals surface area contributed by atoms with Crippen LogP contribution in [0.4, 0.5) is 14.5 Å². The van der Waals surface area contributed by atoms with Crippen molar-refractivity contribution in [2.75, 3.05) is 4.72 Å². The summed E-state index contributed by atoms with van der Waals surface area (Å²) in [6, 6.07) is 4.74. The molecule has 0 fully saturated rings. The second-order valence-corrected chi connectivity index (χ2v) is 7.13. The highest BCUT2D eigenvalue weighted by atomic mass is 32.2. The molecule has 0 aliphatic carbocycles. The molecule has 4 nitrogen and oxygen atoms in total. The van der Waals surface area contributed by atoms with Crippen LogP contribution in [0, 0.1) is 18.6 Å². The van der Waals surface area contributed by atoms with Crippen LogP contribution in [0.5, 0.6) is 0 Å². The van der Waals surface area contributed by atoms with Crippen LogP contribution in [0.1, 0.15) is 10.4 Å². The van der Waals surface area contributed by atoms with Crippen molar-refractivity contribution in [3.63, 3.8) is 0 Å². The van der Waals surface area contributed by atoms with Gasteiger partial charge in [-0.05, 0) is 30.7 Å². The van der Waals surface area contributed by atoms with Crippen molar-refractivity contribution in [1.29, 1.82) is 0 Å². The molecule has 0 saturated carbocycles. The lowest BCUT2D eigenvalue weighted by Gasteiger charge is -2.07. The lowest BCUT2D eigenvalue weighted by Crippen LogP contribution is -2.13. The fourth-order valence-corrected chi connectivity index (χ4v) is 4.13. The second kappa shape index (κ2) is 5.47. The van der Waals surface area contributed by atoms with Crippen LogP contribution in [-0.2, 0) is 16.6 Å². The lowest BCUT2D eigenvalue weighted by molar-refractivity contribution is 0.511. The molecule has 8 heteroatoms. The fraction of sp³-hybridized carbons (Fsp3) is 0.167. The van der Waals surface area contributed by atoms with E-state index in [1.54, 1.807) is 6.92 Å². The first-order chi connectivity index (χ1) is 9.35. The van der Waals surface area contributed by atoms with E-state index in [-0.39, 0.29) is 10.8 Å². The molecule has 2 aromatic rings. The highest BCUT2D eigenvalue weighted by Gasteiger charge is 2.21. The average Bonchev–Trinajstić information content (AvgIpc) is 2.77. The Bertz CT molecular complexity index is 742. The molecule has 0 saturated heterocycles. The van der Waals surface area contributed by atoms with Gasteiger partial charge < -0.3 is 5.73 Å². The SMILES string of the molecule is Cc1cc(S(=O)(=O)Nc2cccc(F)c2F)sc1CN. The van der Waals surface area contributed by atoms with Gasteiger partial charge in [-0.25, -0.2) is 17.2 Å². The molecule has 0 unspecified atom stereocenters. The summed E-state index contributed by atoms with van der Waals surface area (Å²) in [6.45, 7) is 1.96. The van der Waals surface area contributed by atoms with E-state index in [9.17, 15) is 17.2 Å². The fourth-order valence-electron chi connectivity index (χ4n) is 1.60. The van der Waals surface area contributed by atoms with E-state index in [0.717, 1.165) is 33.9 Å². The molecule has 108 valence electrons. The van der Waals surface area contributed by atoms with Gasteiger partial charge in [-0.1, -0.05) is 6.07 Å². The van der Waals surface area contributed by atoms with Crippen molar-refractivity contribution < 1.29 is 17.2 Å². The van der Waals surface area contributed by atoms with Gasteiger partial charge in [0.1, 0.15) is 4.21 Å². The van der Waals surface area contributed by atoms with E-state index < -0.39 is 27.3 Å². The summed E-state index contributed by atoms with van der Waals surface area (Å²) in [5.41, 5.74) is 5.81. The first-order valence-corrected chi connectivity index (χ1v) is 7.91. The summed E-state index contributed by atoms with van der Waals surface area (Å²) in [6.07, 6.45) is 0. The number of nitrogens with two attached hydrogens (primary N) is 1. The van der Waals surface area contributed by atoms with Crippen molar-refractivity contribution in [3.05, 3.63) is 46.3 Å². The lowest BCUT2D eigenvalue weighted by atomic mass is 10.3. The van der Waals surface area contributed by atoms with E-state index >= 15 is 0 Å². The van der Waals surface area contributed by atoms with E-state index in [4.69, 9.17) is 5.73 Å². The van der Waals surface area contributed by atoms with Crippen LogP contribution in [0.3, 0.4) is 0 Å². The van der Waals surface area contributed by atoms with Crippen LogP contribution in [0.25, 0.3) is 0 Å². The second-order valence-electron chi connectivity index (χ2n) is 4.08. The van der Waals surface area contributed by atoms with Crippen LogP contribution in [0.2, 0.25) is 0 Å². The highest BCUT2D eigenvalue weighted by molar-refractivity contribution is 7.94.